The van der Waals surface area contributed by atoms with Crippen molar-refractivity contribution in [2.45, 2.75) is 46.6 Å². The topological polar surface area (TPSA) is 58.2 Å². The van der Waals surface area contributed by atoms with Gasteiger partial charge in [0.15, 0.2) is 0 Å². The average molecular weight is 262 g/mol. The molecule has 0 aromatic rings. The first-order chi connectivity index (χ1) is 7.71. The molecule has 0 amide bonds. The predicted octanol–water partition coefficient (Wildman–Crippen LogP) is 1.34. The van der Waals surface area contributed by atoms with Gasteiger partial charge in [-0.15, -0.1) is 0 Å². The maximum absolute atomic E-state index is 12.0. The standard InChI is InChI=1S/C12H26N2O2S/c1-10(12(2,3)4)14-17(15,16)9-11-5-7-13-8-6-11/h10-11,13-14H,5-9H2,1-4H3. The molecular weight excluding hydrogens is 236 g/mol. The largest absolute Gasteiger partial charge is 0.317 e. The third-order valence-corrected chi connectivity index (χ3v) is 5.19. The lowest BCUT2D eigenvalue weighted by Crippen LogP contribution is -2.44. The Hall–Kier alpha value is -0.130. The molecule has 1 fully saturated rings. The minimum Gasteiger partial charge on any atom is -0.317 e. The molecule has 4 nitrogen and oxygen atoms in total. The first-order valence-electron chi connectivity index (χ1n) is 6.41. The Morgan fingerprint density at radius 2 is 1.82 bits per heavy atom. The van der Waals surface area contributed by atoms with Crippen LogP contribution >= 0.6 is 0 Å². The van der Waals surface area contributed by atoms with Crippen LogP contribution in [0.2, 0.25) is 0 Å². The Morgan fingerprint density at radius 1 is 1.29 bits per heavy atom. The summed E-state index contributed by atoms with van der Waals surface area (Å²) in [6, 6.07) is -0.0331. The van der Waals surface area contributed by atoms with Gasteiger partial charge >= 0.3 is 0 Å². The van der Waals surface area contributed by atoms with Crippen molar-refractivity contribution in [3.63, 3.8) is 0 Å². The summed E-state index contributed by atoms with van der Waals surface area (Å²) >= 11 is 0. The van der Waals surface area contributed by atoms with E-state index >= 15 is 0 Å². The SMILES string of the molecule is CC(NS(=O)(=O)CC1CCNCC1)C(C)(C)C. The molecule has 0 aromatic carbocycles. The van der Waals surface area contributed by atoms with Crippen LogP contribution in [-0.4, -0.2) is 33.3 Å². The maximum Gasteiger partial charge on any atom is 0.212 e. The molecule has 0 aliphatic carbocycles. The highest BCUT2D eigenvalue weighted by Crippen LogP contribution is 2.20. The Kier molecular flexibility index (Phi) is 4.98. The van der Waals surface area contributed by atoms with Gasteiger partial charge in [-0.3, -0.25) is 0 Å². The molecule has 1 rings (SSSR count). The average Bonchev–Trinajstić information content (AvgIpc) is 2.16. The zero-order valence-corrected chi connectivity index (χ0v) is 12.2. The third-order valence-electron chi connectivity index (χ3n) is 3.57. The fourth-order valence-electron chi connectivity index (χ4n) is 1.85. The molecule has 1 aliphatic rings. The van der Waals surface area contributed by atoms with Gasteiger partial charge in [0.25, 0.3) is 0 Å². The van der Waals surface area contributed by atoms with E-state index in [0.717, 1.165) is 25.9 Å². The molecule has 0 spiro atoms. The normalized spacial score (nSPS) is 21.4. The second-order valence-electron chi connectivity index (χ2n) is 6.18. The van der Waals surface area contributed by atoms with Crippen molar-refractivity contribution >= 4 is 10.0 Å². The quantitative estimate of drug-likeness (QED) is 0.804. The highest BCUT2D eigenvalue weighted by atomic mass is 32.2. The van der Waals surface area contributed by atoms with Crippen molar-refractivity contribution in [2.24, 2.45) is 11.3 Å². The summed E-state index contributed by atoms with van der Waals surface area (Å²) < 4.78 is 26.8. The van der Waals surface area contributed by atoms with Gasteiger partial charge in [-0.25, -0.2) is 13.1 Å². The van der Waals surface area contributed by atoms with Crippen molar-refractivity contribution in [2.75, 3.05) is 18.8 Å². The second kappa shape index (κ2) is 5.67. The van der Waals surface area contributed by atoms with Crippen LogP contribution in [0, 0.1) is 11.3 Å². The van der Waals surface area contributed by atoms with Gasteiger partial charge in [-0.05, 0) is 44.2 Å². The van der Waals surface area contributed by atoms with Gasteiger partial charge < -0.3 is 5.32 Å². The summed E-state index contributed by atoms with van der Waals surface area (Å²) in [5.41, 5.74) is -0.0405. The first-order valence-corrected chi connectivity index (χ1v) is 8.06. The van der Waals surface area contributed by atoms with Crippen molar-refractivity contribution < 1.29 is 8.42 Å². The molecular formula is C12H26N2O2S. The predicted molar refractivity (Wildman–Crippen MR) is 71.4 cm³/mol. The number of rotatable bonds is 4. The van der Waals surface area contributed by atoms with Gasteiger partial charge in [-0.1, -0.05) is 20.8 Å². The van der Waals surface area contributed by atoms with Crippen molar-refractivity contribution in [3.8, 4) is 0 Å². The Morgan fingerprint density at radius 3 is 2.29 bits per heavy atom. The molecule has 17 heavy (non-hydrogen) atoms. The molecule has 1 atom stereocenters. The van der Waals surface area contributed by atoms with E-state index in [4.69, 9.17) is 0 Å². The number of sulfonamides is 1. The maximum atomic E-state index is 12.0. The first kappa shape index (κ1) is 14.9. The van der Waals surface area contributed by atoms with Crippen LogP contribution in [0.3, 0.4) is 0 Å². The summed E-state index contributed by atoms with van der Waals surface area (Å²) in [6.07, 6.45) is 1.93. The molecule has 2 N–H and O–H groups in total. The number of nitrogens with one attached hydrogen (secondary N) is 2. The molecule has 5 heteroatoms. The lowest BCUT2D eigenvalue weighted by atomic mass is 9.89. The Labute approximate surface area is 106 Å². The van der Waals surface area contributed by atoms with Crippen molar-refractivity contribution in [3.05, 3.63) is 0 Å². The summed E-state index contributed by atoms with van der Waals surface area (Å²) in [4.78, 5) is 0. The number of hydrogen-bond acceptors (Lipinski definition) is 3. The fourth-order valence-corrected chi connectivity index (χ4v) is 3.80. The zero-order chi connectivity index (χ0) is 13.1. The second-order valence-corrected chi connectivity index (χ2v) is 7.98. The molecule has 1 saturated heterocycles. The number of piperidine rings is 1. The van der Waals surface area contributed by atoms with Crippen LogP contribution in [0.25, 0.3) is 0 Å². The van der Waals surface area contributed by atoms with Crippen LogP contribution in [0.4, 0.5) is 0 Å². The molecule has 0 aromatic heterocycles. The van der Waals surface area contributed by atoms with E-state index < -0.39 is 10.0 Å². The summed E-state index contributed by atoms with van der Waals surface area (Å²) in [6.45, 7) is 9.95. The molecule has 1 unspecified atom stereocenters. The molecule has 0 radical (unpaired) electrons. The van der Waals surface area contributed by atoms with Crippen LogP contribution in [0.1, 0.15) is 40.5 Å². The molecule has 0 bridgehead atoms. The van der Waals surface area contributed by atoms with Gasteiger partial charge in [0.2, 0.25) is 10.0 Å². The van der Waals surface area contributed by atoms with Crippen LogP contribution in [0.15, 0.2) is 0 Å². The van der Waals surface area contributed by atoms with Gasteiger partial charge in [0.05, 0.1) is 5.75 Å². The minimum atomic E-state index is -3.14. The fraction of sp³-hybridized carbons (Fsp3) is 1.00. The van der Waals surface area contributed by atoms with Gasteiger partial charge in [0, 0.05) is 6.04 Å². The van der Waals surface area contributed by atoms with E-state index in [-0.39, 0.29) is 17.2 Å². The monoisotopic (exact) mass is 262 g/mol. The van der Waals surface area contributed by atoms with Crippen molar-refractivity contribution in [1.29, 1.82) is 0 Å². The third kappa shape index (κ3) is 5.36. The molecule has 1 aliphatic heterocycles. The van der Waals surface area contributed by atoms with E-state index in [0.29, 0.717) is 5.92 Å². The summed E-state index contributed by atoms with van der Waals surface area (Å²) in [7, 11) is -3.14. The van der Waals surface area contributed by atoms with Crippen LogP contribution in [-0.2, 0) is 10.0 Å². The lowest BCUT2D eigenvalue weighted by Gasteiger charge is -2.29. The van der Waals surface area contributed by atoms with E-state index in [2.05, 4.69) is 10.0 Å². The highest BCUT2D eigenvalue weighted by Gasteiger charge is 2.27. The van der Waals surface area contributed by atoms with E-state index in [9.17, 15) is 8.42 Å². The van der Waals surface area contributed by atoms with E-state index in [1.165, 1.54) is 0 Å². The molecule has 102 valence electrons. The zero-order valence-electron chi connectivity index (χ0n) is 11.4. The number of hydrogen-bond donors (Lipinski definition) is 2. The lowest BCUT2D eigenvalue weighted by molar-refractivity contribution is 0.316. The van der Waals surface area contributed by atoms with E-state index in [1.54, 1.807) is 0 Å². The molecule has 0 saturated carbocycles. The van der Waals surface area contributed by atoms with Crippen LogP contribution < -0.4 is 10.0 Å². The minimum absolute atomic E-state index is 0.0331. The highest BCUT2D eigenvalue weighted by molar-refractivity contribution is 7.89. The van der Waals surface area contributed by atoms with Gasteiger partial charge in [0.1, 0.15) is 0 Å². The smallest absolute Gasteiger partial charge is 0.212 e. The van der Waals surface area contributed by atoms with Crippen molar-refractivity contribution in [1.82, 2.24) is 10.0 Å². The Bertz CT molecular complexity index is 327. The van der Waals surface area contributed by atoms with Gasteiger partial charge in [-0.2, -0.15) is 0 Å². The van der Waals surface area contributed by atoms with Crippen LogP contribution in [0.5, 0.6) is 0 Å². The summed E-state index contributed by atoms with van der Waals surface area (Å²) in [5.74, 6) is 0.579. The molecule has 1 heterocycles. The Balaban J connectivity index is 2.50. The van der Waals surface area contributed by atoms with E-state index in [1.807, 2.05) is 27.7 Å². The summed E-state index contributed by atoms with van der Waals surface area (Å²) in [5, 5.41) is 3.25.